The van der Waals surface area contributed by atoms with Gasteiger partial charge in [0.1, 0.15) is 11.6 Å². The zero-order chi connectivity index (χ0) is 19.5. The summed E-state index contributed by atoms with van der Waals surface area (Å²) < 4.78 is 27.0. The van der Waals surface area contributed by atoms with Gasteiger partial charge in [0.15, 0.2) is 5.16 Å². The van der Waals surface area contributed by atoms with Gasteiger partial charge in [0.05, 0.1) is 17.6 Å². The van der Waals surface area contributed by atoms with Crippen LogP contribution in [0.1, 0.15) is 18.4 Å². The van der Waals surface area contributed by atoms with E-state index in [1.54, 1.807) is 41.4 Å². The van der Waals surface area contributed by atoms with Crippen molar-refractivity contribution in [1.82, 2.24) is 14.9 Å². The van der Waals surface area contributed by atoms with Gasteiger partial charge in [-0.05, 0) is 48.7 Å². The third kappa shape index (κ3) is 4.42. The number of H-pyrrole nitrogens is 1. The van der Waals surface area contributed by atoms with Gasteiger partial charge in [0, 0.05) is 18.2 Å². The Balaban J connectivity index is 1.39. The molecule has 1 amide bonds. The van der Waals surface area contributed by atoms with E-state index in [1.807, 2.05) is 0 Å². The molecule has 144 valence electrons. The second kappa shape index (κ2) is 8.14. The van der Waals surface area contributed by atoms with Gasteiger partial charge in [-0.2, -0.15) is 0 Å². The molecule has 2 aromatic carbocycles. The van der Waals surface area contributed by atoms with Crippen LogP contribution in [-0.4, -0.2) is 32.6 Å². The van der Waals surface area contributed by atoms with Gasteiger partial charge in [-0.3, -0.25) is 4.79 Å². The second-order valence-corrected chi connectivity index (χ2v) is 7.71. The average molecular weight is 399 g/mol. The first kappa shape index (κ1) is 18.7. The number of imidazole rings is 1. The molecule has 0 unspecified atom stereocenters. The number of thioether (sulfide) groups is 1. The van der Waals surface area contributed by atoms with Crippen molar-refractivity contribution in [2.75, 3.05) is 5.75 Å². The number of hydrogen-bond acceptors (Lipinski definition) is 3. The first-order valence-corrected chi connectivity index (χ1v) is 10.1. The van der Waals surface area contributed by atoms with Gasteiger partial charge in [-0.1, -0.05) is 30.0 Å². The summed E-state index contributed by atoms with van der Waals surface area (Å²) in [6, 6.07) is 12.9. The highest BCUT2D eigenvalue weighted by atomic mass is 32.2. The Kier molecular flexibility index (Phi) is 5.43. The predicted octanol–water partition coefficient (Wildman–Crippen LogP) is 4.64. The summed E-state index contributed by atoms with van der Waals surface area (Å²) in [6.45, 7) is 0.287. The van der Waals surface area contributed by atoms with Gasteiger partial charge in [-0.25, -0.2) is 13.8 Å². The maximum Gasteiger partial charge on any atom is 0.233 e. The van der Waals surface area contributed by atoms with E-state index in [0.717, 1.165) is 24.1 Å². The van der Waals surface area contributed by atoms with Crippen molar-refractivity contribution in [3.8, 4) is 11.3 Å². The number of aromatic nitrogens is 2. The van der Waals surface area contributed by atoms with Crippen molar-refractivity contribution in [1.29, 1.82) is 0 Å². The quantitative estimate of drug-likeness (QED) is 0.589. The maximum absolute atomic E-state index is 14.0. The molecule has 28 heavy (non-hydrogen) atoms. The molecule has 1 saturated carbocycles. The second-order valence-electron chi connectivity index (χ2n) is 6.74. The molecule has 0 atom stereocenters. The van der Waals surface area contributed by atoms with Crippen LogP contribution in [0.15, 0.2) is 59.9 Å². The van der Waals surface area contributed by atoms with E-state index < -0.39 is 0 Å². The Labute approximate surface area is 166 Å². The highest BCUT2D eigenvalue weighted by Gasteiger charge is 2.32. The molecule has 0 spiro atoms. The first-order valence-electron chi connectivity index (χ1n) is 9.07. The predicted molar refractivity (Wildman–Crippen MR) is 105 cm³/mol. The smallest absolute Gasteiger partial charge is 0.233 e. The zero-order valence-electron chi connectivity index (χ0n) is 15.1. The maximum atomic E-state index is 14.0. The Hall–Kier alpha value is -2.67. The summed E-state index contributed by atoms with van der Waals surface area (Å²) in [5.74, 6) is -0.390. The fraction of sp³-hybridized carbons (Fsp3) is 0.238. The molecule has 4 rings (SSSR count). The number of carbonyl (C=O) groups is 1. The fourth-order valence-corrected chi connectivity index (χ4v) is 3.72. The molecule has 0 aliphatic heterocycles. The van der Waals surface area contributed by atoms with Crippen LogP contribution in [0.4, 0.5) is 8.78 Å². The lowest BCUT2D eigenvalue weighted by atomic mass is 10.2. The number of nitrogens with one attached hydrogen (secondary N) is 1. The lowest BCUT2D eigenvalue weighted by molar-refractivity contribution is -0.129. The number of benzene rings is 2. The largest absolute Gasteiger partial charge is 0.335 e. The van der Waals surface area contributed by atoms with Gasteiger partial charge in [-0.15, -0.1) is 0 Å². The molecular formula is C21H19F2N3OS. The summed E-state index contributed by atoms with van der Waals surface area (Å²) in [5, 5.41) is 0.620. The number of amides is 1. The molecule has 7 heteroatoms. The zero-order valence-corrected chi connectivity index (χ0v) is 15.9. The molecule has 1 aliphatic rings. The van der Waals surface area contributed by atoms with Crippen LogP contribution in [0.25, 0.3) is 11.3 Å². The molecule has 3 aromatic rings. The number of carbonyl (C=O) groups excluding carboxylic acids is 1. The lowest BCUT2D eigenvalue weighted by Crippen LogP contribution is -2.34. The normalized spacial score (nSPS) is 13.5. The van der Waals surface area contributed by atoms with Crippen LogP contribution in [0.5, 0.6) is 0 Å². The summed E-state index contributed by atoms with van der Waals surface area (Å²) in [5.41, 5.74) is 2.12. The summed E-state index contributed by atoms with van der Waals surface area (Å²) in [6.07, 6.45) is 3.58. The van der Waals surface area contributed by atoms with Crippen LogP contribution in [0.3, 0.4) is 0 Å². The van der Waals surface area contributed by atoms with Gasteiger partial charge in [0.2, 0.25) is 5.91 Å². The van der Waals surface area contributed by atoms with E-state index in [0.29, 0.717) is 10.7 Å². The van der Waals surface area contributed by atoms with E-state index in [1.165, 1.54) is 30.0 Å². The van der Waals surface area contributed by atoms with Crippen LogP contribution in [0, 0.1) is 11.6 Å². The van der Waals surface area contributed by atoms with Crippen molar-refractivity contribution >= 4 is 17.7 Å². The summed E-state index contributed by atoms with van der Waals surface area (Å²) in [7, 11) is 0. The molecule has 0 bridgehead atoms. The molecule has 4 nitrogen and oxygen atoms in total. The minimum atomic E-state index is -0.293. The minimum Gasteiger partial charge on any atom is -0.335 e. The topological polar surface area (TPSA) is 49.0 Å². The van der Waals surface area contributed by atoms with Gasteiger partial charge >= 0.3 is 0 Å². The first-order chi connectivity index (χ1) is 13.6. The van der Waals surface area contributed by atoms with E-state index in [2.05, 4.69) is 9.97 Å². The van der Waals surface area contributed by atoms with Crippen molar-refractivity contribution in [2.24, 2.45) is 0 Å². The fourth-order valence-electron chi connectivity index (χ4n) is 2.98. The number of hydrogen-bond donors (Lipinski definition) is 1. The van der Waals surface area contributed by atoms with Gasteiger partial charge < -0.3 is 9.88 Å². The van der Waals surface area contributed by atoms with Crippen LogP contribution in [-0.2, 0) is 11.3 Å². The van der Waals surface area contributed by atoms with Crippen molar-refractivity contribution in [2.45, 2.75) is 30.6 Å². The number of nitrogens with zero attached hydrogens (tertiary/aromatic N) is 2. The van der Waals surface area contributed by atoms with Crippen molar-refractivity contribution < 1.29 is 13.6 Å². The SMILES string of the molecule is O=C(CSc1ncc(-c2ccc(F)cc2)[nH]1)N(Cc1ccccc1F)C1CC1. The van der Waals surface area contributed by atoms with Crippen molar-refractivity contribution in [3.63, 3.8) is 0 Å². The van der Waals surface area contributed by atoms with E-state index >= 15 is 0 Å². The van der Waals surface area contributed by atoms with Gasteiger partial charge in [0.25, 0.3) is 0 Å². The standard InChI is InChI=1S/C21H19F2N3OS/c22-16-7-5-14(6-8-16)19-11-24-21(25-19)28-13-20(27)26(17-9-10-17)12-15-3-1-2-4-18(15)23/h1-8,11,17H,9-10,12-13H2,(H,24,25). The van der Waals surface area contributed by atoms with E-state index in [9.17, 15) is 13.6 Å². The number of halogens is 2. The molecule has 1 aliphatic carbocycles. The average Bonchev–Trinajstić information content (AvgIpc) is 3.43. The highest BCUT2D eigenvalue weighted by molar-refractivity contribution is 7.99. The lowest BCUT2D eigenvalue weighted by Gasteiger charge is -2.22. The molecule has 1 aromatic heterocycles. The van der Waals surface area contributed by atoms with Crippen LogP contribution >= 0.6 is 11.8 Å². The molecule has 0 saturated heterocycles. The van der Waals surface area contributed by atoms with Crippen LogP contribution < -0.4 is 0 Å². The highest BCUT2D eigenvalue weighted by Crippen LogP contribution is 2.30. The van der Waals surface area contributed by atoms with Crippen LogP contribution in [0.2, 0.25) is 0 Å². The third-order valence-electron chi connectivity index (χ3n) is 4.65. The molecule has 0 radical (unpaired) electrons. The number of rotatable bonds is 7. The minimum absolute atomic E-state index is 0.0320. The van der Waals surface area contributed by atoms with E-state index in [4.69, 9.17) is 0 Å². The Morgan fingerprint density at radius 2 is 1.89 bits per heavy atom. The summed E-state index contributed by atoms with van der Waals surface area (Å²) in [4.78, 5) is 21.9. The van der Waals surface area contributed by atoms with E-state index in [-0.39, 0.29) is 35.9 Å². The third-order valence-corrected chi connectivity index (χ3v) is 5.52. The summed E-state index contributed by atoms with van der Waals surface area (Å²) >= 11 is 1.31. The molecule has 1 heterocycles. The molecular weight excluding hydrogens is 380 g/mol. The monoisotopic (exact) mass is 399 g/mol. The van der Waals surface area contributed by atoms with Crippen molar-refractivity contribution in [3.05, 3.63) is 71.9 Å². The number of aromatic amines is 1. The molecule has 1 fully saturated rings. The Morgan fingerprint density at radius 3 is 2.61 bits per heavy atom. The Bertz CT molecular complexity index is 970. The molecule has 1 N–H and O–H groups in total. The Morgan fingerprint density at radius 1 is 1.14 bits per heavy atom.